The predicted molar refractivity (Wildman–Crippen MR) is 113 cm³/mol. The number of rotatable bonds is 4. The van der Waals surface area contributed by atoms with Gasteiger partial charge in [-0.1, -0.05) is 18.2 Å². The molecule has 4 aromatic rings. The molecular weight excluding hydrogens is 366 g/mol. The lowest BCUT2D eigenvalue weighted by Crippen LogP contribution is -2.37. The molecule has 0 atom stereocenters. The van der Waals surface area contributed by atoms with Crippen molar-refractivity contribution in [3.05, 3.63) is 60.9 Å². The fraction of sp³-hybridized carbons (Fsp3) is 0.190. The van der Waals surface area contributed by atoms with Crippen LogP contribution < -0.4 is 15.8 Å². The minimum Gasteiger partial charge on any atom is -0.378 e. The number of aromatic nitrogens is 4. The Morgan fingerprint density at radius 1 is 1.03 bits per heavy atom. The first-order valence-corrected chi connectivity index (χ1v) is 9.53. The molecule has 1 aromatic carbocycles. The Bertz CT molecular complexity index is 1110. The smallest absolute Gasteiger partial charge is 0.131 e. The summed E-state index contributed by atoms with van der Waals surface area (Å²) in [5, 5.41) is 9.69. The van der Waals surface area contributed by atoms with Crippen LogP contribution in [0.4, 0.5) is 17.2 Å². The summed E-state index contributed by atoms with van der Waals surface area (Å²) in [6.07, 6.45) is 3.48. The number of nitrogens with zero attached hydrogens (tertiary/aromatic N) is 5. The number of aromatic amines is 1. The maximum absolute atomic E-state index is 6.57. The van der Waals surface area contributed by atoms with Crippen LogP contribution in [0.5, 0.6) is 0 Å². The first-order chi connectivity index (χ1) is 14.3. The SMILES string of the molecule is NN(c1ccccc1)c1cc(N2CCOCC2)nc2c(-c3ccn[nH]3)nccc12. The van der Waals surface area contributed by atoms with E-state index in [1.807, 2.05) is 48.5 Å². The number of hydrazine groups is 1. The number of morpholine rings is 1. The van der Waals surface area contributed by atoms with Crippen molar-refractivity contribution in [3.63, 3.8) is 0 Å². The molecular formula is C21H21N7O. The molecule has 0 aliphatic carbocycles. The molecule has 1 saturated heterocycles. The Labute approximate surface area is 167 Å². The molecule has 0 amide bonds. The average Bonchev–Trinajstić information content (AvgIpc) is 3.33. The summed E-state index contributed by atoms with van der Waals surface area (Å²) < 4.78 is 5.51. The van der Waals surface area contributed by atoms with Gasteiger partial charge in [-0.2, -0.15) is 5.10 Å². The van der Waals surface area contributed by atoms with Crippen LogP contribution in [-0.4, -0.2) is 46.5 Å². The molecule has 0 unspecified atom stereocenters. The maximum Gasteiger partial charge on any atom is 0.131 e. The molecule has 0 bridgehead atoms. The van der Waals surface area contributed by atoms with Gasteiger partial charge in [0.25, 0.3) is 0 Å². The molecule has 0 radical (unpaired) electrons. The van der Waals surface area contributed by atoms with Crippen LogP contribution >= 0.6 is 0 Å². The topological polar surface area (TPSA) is 96.2 Å². The van der Waals surface area contributed by atoms with Crippen molar-refractivity contribution in [2.75, 3.05) is 36.2 Å². The molecule has 29 heavy (non-hydrogen) atoms. The second-order valence-electron chi connectivity index (χ2n) is 6.83. The van der Waals surface area contributed by atoms with Gasteiger partial charge in [0.15, 0.2) is 0 Å². The molecule has 8 heteroatoms. The Balaban J connectivity index is 1.73. The largest absolute Gasteiger partial charge is 0.378 e. The van der Waals surface area contributed by atoms with Crippen molar-refractivity contribution in [1.82, 2.24) is 20.2 Å². The summed E-state index contributed by atoms with van der Waals surface area (Å²) in [6.45, 7) is 2.93. The van der Waals surface area contributed by atoms with E-state index in [4.69, 9.17) is 15.6 Å². The van der Waals surface area contributed by atoms with Crippen molar-refractivity contribution in [2.24, 2.45) is 5.84 Å². The second kappa shape index (κ2) is 7.50. The summed E-state index contributed by atoms with van der Waals surface area (Å²) in [7, 11) is 0. The highest BCUT2D eigenvalue weighted by atomic mass is 16.5. The van der Waals surface area contributed by atoms with Gasteiger partial charge in [-0.05, 0) is 24.3 Å². The molecule has 146 valence electrons. The minimum atomic E-state index is 0.681. The zero-order valence-corrected chi connectivity index (χ0v) is 15.8. The Hall–Kier alpha value is -3.49. The van der Waals surface area contributed by atoms with E-state index in [9.17, 15) is 0 Å². The van der Waals surface area contributed by atoms with Gasteiger partial charge < -0.3 is 9.64 Å². The first kappa shape index (κ1) is 17.6. The third-order valence-corrected chi connectivity index (χ3v) is 5.08. The number of hydrogen-bond donors (Lipinski definition) is 2. The van der Waals surface area contributed by atoms with E-state index in [1.165, 1.54) is 0 Å². The third-order valence-electron chi connectivity index (χ3n) is 5.08. The number of ether oxygens (including phenoxy) is 1. The summed E-state index contributed by atoms with van der Waals surface area (Å²) in [5.74, 6) is 7.43. The van der Waals surface area contributed by atoms with Crippen molar-refractivity contribution in [3.8, 4) is 11.4 Å². The number of benzene rings is 1. The molecule has 3 N–H and O–H groups in total. The number of nitrogens with one attached hydrogen (secondary N) is 1. The summed E-state index contributed by atoms with van der Waals surface area (Å²) in [5.41, 5.74) is 4.11. The highest BCUT2D eigenvalue weighted by Gasteiger charge is 2.20. The van der Waals surface area contributed by atoms with Crippen LogP contribution in [-0.2, 0) is 4.74 Å². The lowest BCUT2D eigenvalue weighted by atomic mass is 10.1. The van der Waals surface area contributed by atoms with Crippen molar-refractivity contribution in [2.45, 2.75) is 0 Å². The lowest BCUT2D eigenvalue weighted by molar-refractivity contribution is 0.122. The molecule has 3 aromatic heterocycles. The Morgan fingerprint density at radius 2 is 1.86 bits per heavy atom. The number of anilines is 3. The van der Waals surface area contributed by atoms with E-state index in [0.29, 0.717) is 13.2 Å². The van der Waals surface area contributed by atoms with Crippen molar-refractivity contribution >= 4 is 28.1 Å². The van der Waals surface area contributed by atoms with E-state index >= 15 is 0 Å². The molecule has 1 aliphatic heterocycles. The Morgan fingerprint density at radius 3 is 2.62 bits per heavy atom. The molecule has 8 nitrogen and oxygen atoms in total. The number of para-hydroxylation sites is 1. The van der Waals surface area contributed by atoms with Gasteiger partial charge in [0.2, 0.25) is 0 Å². The zero-order chi connectivity index (χ0) is 19.6. The summed E-state index contributed by atoms with van der Waals surface area (Å²) >= 11 is 0. The maximum atomic E-state index is 6.57. The monoisotopic (exact) mass is 387 g/mol. The van der Waals surface area contributed by atoms with Gasteiger partial charge in [0, 0.05) is 36.9 Å². The quantitative estimate of drug-likeness (QED) is 0.410. The second-order valence-corrected chi connectivity index (χ2v) is 6.83. The highest BCUT2D eigenvalue weighted by molar-refractivity contribution is 6.01. The predicted octanol–water partition coefficient (Wildman–Crippen LogP) is 2.87. The molecule has 4 heterocycles. The summed E-state index contributed by atoms with van der Waals surface area (Å²) in [4.78, 5) is 11.8. The minimum absolute atomic E-state index is 0.681. The van der Waals surface area contributed by atoms with Crippen LogP contribution in [0, 0.1) is 0 Å². The van der Waals surface area contributed by atoms with Gasteiger partial charge in [0.1, 0.15) is 17.0 Å². The molecule has 0 spiro atoms. The Kier molecular flexibility index (Phi) is 4.55. The summed E-state index contributed by atoms with van der Waals surface area (Å²) in [6, 6.07) is 15.8. The lowest BCUT2D eigenvalue weighted by Gasteiger charge is -2.30. The van der Waals surface area contributed by atoms with Gasteiger partial charge in [0.05, 0.1) is 30.3 Å². The van der Waals surface area contributed by atoms with Crippen LogP contribution in [0.3, 0.4) is 0 Å². The van der Waals surface area contributed by atoms with E-state index < -0.39 is 0 Å². The van der Waals surface area contributed by atoms with Gasteiger partial charge in [-0.25, -0.2) is 10.8 Å². The normalized spacial score (nSPS) is 14.3. The van der Waals surface area contributed by atoms with Crippen LogP contribution in [0.1, 0.15) is 0 Å². The fourth-order valence-corrected chi connectivity index (χ4v) is 3.59. The highest BCUT2D eigenvalue weighted by Crippen LogP contribution is 2.35. The van der Waals surface area contributed by atoms with E-state index in [1.54, 1.807) is 17.4 Å². The van der Waals surface area contributed by atoms with Gasteiger partial charge in [-0.15, -0.1) is 0 Å². The molecule has 0 saturated carbocycles. The molecule has 1 fully saturated rings. The molecule has 5 rings (SSSR count). The number of H-pyrrole nitrogens is 1. The first-order valence-electron chi connectivity index (χ1n) is 9.53. The average molecular weight is 387 g/mol. The van der Waals surface area contributed by atoms with Gasteiger partial charge in [-0.3, -0.25) is 15.1 Å². The van der Waals surface area contributed by atoms with E-state index in [-0.39, 0.29) is 0 Å². The van der Waals surface area contributed by atoms with Crippen molar-refractivity contribution < 1.29 is 4.74 Å². The number of fused-ring (bicyclic) bond motifs is 1. The van der Waals surface area contributed by atoms with Crippen molar-refractivity contribution in [1.29, 1.82) is 0 Å². The van der Waals surface area contributed by atoms with Crippen LogP contribution in [0.15, 0.2) is 60.9 Å². The standard InChI is InChI=1S/C21H21N7O/c22-28(15-4-2-1-3-5-15)18-14-19(27-10-12-29-13-11-27)25-20-16(18)6-8-23-21(20)17-7-9-24-26-17/h1-9,14H,10-13,22H2,(H,24,26). The number of pyridine rings is 2. The van der Waals surface area contributed by atoms with E-state index in [2.05, 4.69) is 20.1 Å². The number of nitrogens with two attached hydrogens (primary N) is 1. The van der Waals surface area contributed by atoms with Crippen LogP contribution in [0.25, 0.3) is 22.3 Å². The van der Waals surface area contributed by atoms with E-state index in [0.717, 1.165) is 52.6 Å². The van der Waals surface area contributed by atoms with Gasteiger partial charge >= 0.3 is 0 Å². The fourth-order valence-electron chi connectivity index (χ4n) is 3.59. The molecule has 1 aliphatic rings. The zero-order valence-electron chi connectivity index (χ0n) is 15.8. The third kappa shape index (κ3) is 3.28. The van der Waals surface area contributed by atoms with Crippen LogP contribution in [0.2, 0.25) is 0 Å². The number of hydrogen-bond acceptors (Lipinski definition) is 7.